The van der Waals surface area contributed by atoms with Gasteiger partial charge in [0.1, 0.15) is 5.75 Å². The molecular formula is C14H17NO3. The second-order valence-corrected chi connectivity index (χ2v) is 4.03. The van der Waals surface area contributed by atoms with Gasteiger partial charge in [-0.15, -0.1) is 0 Å². The standard InChI is InChI=1S/C14H14O3.H3N/c1-9(14(15)16)10-3-4-12-8-13(17-2)6-5-11(12)7-10;/h3-9H,1-2H3,(H,15,16);1H3/t9-;/m1./s1. The maximum absolute atomic E-state index is 10.9. The van der Waals surface area contributed by atoms with E-state index < -0.39 is 11.9 Å². The van der Waals surface area contributed by atoms with Crippen LogP contribution < -0.4 is 10.9 Å². The fraction of sp³-hybridized carbons (Fsp3) is 0.214. The van der Waals surface area contributed by atoms with Crippen molar-refractivity contribution in [1.29, 1.82) is 0 Å². The molecule has 0 saturated carbocycles. The maximum atomic E-state index is 10.9. The molecule has 0 fully saturated rings. The Morgan fingerprint density at radius 1 is 1.17 bits per heavy atom. The van der Waals surface area contributed by atoms with Crippen LogP contribution in [0.1, 0.15) is 18.4 Å². The number of ether oxygens (including phenoxy) is 1. The second-order valence-electron chi connectivity index (χ2n) is 4.03. The van der Waals surface area contributed by atoms with Crippen LogP contribution in [0.25, 0.3) is 10.8 Å². The van der Waals surface area contributed by atoms with Gasteiger partial charge in [-0.2, -0.15) is 0 Å². The van der Waals surface area contributed by atoms with E-state index in [1.807, 2.05) is 36.4 Å². The van der Waals surface area contributed by atoms with Gasteiger partial charge in [0, 0.05) is 0 Å². The lowest BCUT2D eigenvalue weighted by atomic mass is 9.98. The Kier molecular flexibility index (Phi) is 4.28. The van der Waals surface area contributed by atoms with Gasteiger partial charge in [-0.1, -0.05) is 24.3 Å². The number of benzene rings is 2. The van der Waals surface area contributed by atoms with Crippen LogP contribution in [0.15, 0.2) is 36.4 Å². The lowest BCUT2D eigenvalue weighted by Crippen LogP contribution is -2.06. The molecule has 2 aromatic carbocycles. The summed E-state index contributed by atoms with van der Waals surface area (Å²) in [6.07, 6.45) is 0. The molecule has 0 bridgehead atoms. The Hall–Kier alpha value is -2.07. The molecule has 0 aliphatic heterocycles. The van der Waals surface area contributed by atoms with E-state index in [0.717, 1.165) is 22.1 Å². The summed E-state index contributed by atoms with van der Waals surface area (Å²) in [5, 5.41) is 11.0. The summed E-state index contributed by atoms with van der Waals surface area (Å²) in [6.45, 7) is 1.69. The third-order valence-electron chi connectivity index (χ3n) is 2.94. The van der Waals surface area contributed by atoms with Crippen molar-refractivity contribution >= 4 is 16.7 Å². The number of hydrogen-bond acceptors (Lipinski definition) is 3. The number of carboxylic acid groups (broad SMARTS) is 1. The first-order valence-electron chi connectivity index (χ1n) is 5.42. The van der Waals surface area contributed by atoms with Gasteiger partial charge in [0.25, 0.3) is 0 Å². The van der Waals surface area contributed by atoms with Crippen molar-refractivity contribution in [3.63, 3.8) is 0 Å². The SMILES string of the molecule is COc1ccc2cc([C@@H](C)C(=O)O)ccc2c1.N. The molecule has 1 atom stereocenters. The van der Waals surface area contributed by atoms with Crippen molar-refractivity contribution in [3.05, 3.63) is 42.0 Å². The zero-order valence-corrected chi connectivity index (χ0v) is 10.5. The minimum Gasteiger partial charge on any atom is -0.497 e. The predicted octanol–water partition coefficient (Wildman–Crippen LogP) is 3.20. The highest BCUT2D eigenvalue weighted by Crippen LogP contribution is 2.25. The molecular weight excluding hydrogens is 230 g/mol. The molecule has 0 heterocycles. The third-order valence-corrected chi connectivity index (χ3v) is 2.94. The Morgan fingerprint density at radius 3 is 2.39 bits per heavy atom. The highest BCUT2D eigenvalue weighted by molar-refractivity contribution is 5.86. The van der Waals surface area contributed by atoms with E-state index in [0.29, 0.717) is 0 Å². The first-order valence-corrected chi connectivity index (χ1v) is 5.42. The zero-order valence-electron chi connectivity index (χ0n) is 10.5. The van der Waals surface area contributed by atoms with Crippen molar-refractivity contribution in [2.24, 2.45) is 0 Å². The van der Waals surface area contributed by atoms with E-state index in [4.69, 9.17) is 9.84 Å². The summed E-state index contributed by atoms with van der Waals surface area (Å²) in [6, 6.07) is 11.4. The first kappa shape index (κ1) is 14.0. The molecule has 2 rings (SSSR count). The van der Waals surface area contributed by atoms with Crippen molar-refractivity contribution in [3.8, 4) is 5.75 Å². The Bertz CT molecular complexity index is 566. The topological polar surface area (TPSA) is 81.5 Å². The van der Waals surface area contributed by atoms with Crippen LogP contribution in [0.3, 0.4) is 0 Å². The summed E-state index contributed by atoms with van der Waals surface area (Å²) < 4.78 is 5.14. The fourth-order valence-corrected chi connectivity index (χ4v) is 1.78. The van der Waals surface area contributed by atoms with Crippen LogP contribution in [-0.2, 0) is 4.79 Å². The van der Waals surface area contributed by atoms with E-state index in [1.54, 1.807) is 14.0 Å². The van der Waals surface area contributed by atoms with E-state index >= 15 is 0 Å². The summed E-state index contributed by atoms with van der Waals surface area (Å²) in [7, 11) is 1.63. The summed E-state index contributed by atoms with van der Waals surface area (Å²) in [5.41, 5.74) is 0.815. The monoisotopic (exact) mass is 247 g/mol. The molecule has 0 aliphatic rings. The van der Waals surface area contributed by atoms with E-state index in [9.17, 15) is 4.79 Å². The molecule has 0 aromatic heterocycles. The van der Waals surface area contributed by atoms with E-state index in [2.05, 4.69) is 0 Å². The third kappa shape index (κ3) is 2.60. The second kappa shape index (κ2) is 5.51. The number of aliphatic carboxylic acids is 1. The smallest absolute Gasteiger partial charge is 0.310 e. The molecule has 4 N–H and O–H groups in total. The van der Waals surface area contributed by atoms with Gasteiger partial charge in [-0.3, -0.25) is 4.79 Å². The maximum Gasteiger partial charge on any atom is 0.310 e. The number of hydrogen-bond donors (Lipinski definition) is 2. The lowest BCUT2D eigenvalue weighted by molar-refractivity contribution is -0.138. The highest BCUT2D eigenvalue weighted by Gasteiger charge is 2.13. The molecule has 0 radical (unpaired) electrons. The van der Waals surface area contributed by atoms with Crippen LogP contribution in [0.2, 0.25) is 0 Å². The molecule has 96 valence electrons. The van der Waals surface area contributed by atoms with Crippen molar-refractivity contribution in [2.45, 2.75) is 12.8 Å². The molecule has 0 aliphatic carbocycles. The average Bonchev–Trinajstić information content (AvgIpc) is 2.36. The van der Waals surface area contributed by atoms with Gasteiger partial charge >= 0.3 is 5.97 Å². The van der Waals surface area contributed by atoms with Gasteiger partial charge in [0.15, 0.2) is 0 Å². The summed E-state index contributed by atoms with van der Waals surface area (Å²) in [5.74, 6) is -0.490. The van der Waals surface area contributed by atoms with Gasteiger partial charge in [-0.05, 0) is 35.4 Å². The zero-order chi connectivity index (χ0) is 12.4. The first-order chi connectivity index (χ1) is 8.11. The predicted molar refractivity (Wildman–Crippen MR) is 71.6 cm³/mol. The van der Waals surface area contributed by atoms with Gasteiger partial charge < -0.3 is 16.0 Å². The van der Waals surface area contributed by atoms with Gasteiger partial charge in [0.2, 0.25) is 0 Å². The largest absolute Gasteiger partial charge is 0.497 e. The summed E-state index contributed by atoms with van der Waals surface area (Å²) >= 11 is 0. The van der Waals surface area contributed by atoms with Gasteiger partial charge in [-0.25, -0.2) is 0 Å². The fourth-order valence-electron chi connectivity index (χ4n) is 1.78. The van der Waals surface area contributed by atoms with Crippen LogP contribution in [0.4, 0.5) is 0 Å². The molecule has 0 saturated heterocycles. The minimum atomic E-state index is -0.808. The summed E-state index contributed by atoms with van der Waals surface area (Å²) in [4.78, 5) is 10.9. The normalized spacial score (nSPS) is 11.7. The lowest BCUT2D eigenvalue weighted by Gasteiger charge is -2.08. The number of fused-ring (bicyclic) bond motifs is 1. The molecule has 4 heteroatoms. The Labute approximate surface area is 106 Å². The van der Waals surface area contributed by atoms with E-state index in [1.165, 1.54) is 0 Å². The average molecular weight is 247 g/mol. The molecule has 2 aromatic rings. The van der Waals surface area contributed by atoms with Crippen molar-refractivity contribution in [2.75, 3.05) is 7.11 Å². The van der Waals surface area contributed by atoms with E-state index in [-0.39, 0.29) is 6.15 Å². The van der Waals surface area contributed by atoms with Crippen molar-refractivity contribution in [1.82, 2.24) is 6.15 Å². The van der Waals surface area contributed by atoms with Gasteiger partial charge in [0.05, 0.1) is 13.0 Å². The Balaban J connectivity index is 0.00000162. The van der Waals surface area contributed by atoms with Crippen LogP contribution >= 0.6 is 0 Å². The highest BCUT2D eigenvalue weighted by atomic mass is 16.5. The molecule has 0 amide bonds. The number of carboxylic acids is 1. The van der Waals surface area contributed by atoms with Crippen LogP contribution in [-0.4, -0.2) is 18.2 Å². The molecule has 4 nitrogen and oxygen atoms in total. The quantitative estimate of drug-likeness (QED) is 0.872. The number of rotatable bonds is 3. The van der Waals surface area contributed by atoms with Crippen molar-refractivity contribution < 1.29 is 14.6 Å². The number of carbonyl (C=O) groups is 1. The number of methoxy groups -OCH3 is 1. The Morgan fingerprint density at radius 2 is 1.78 bits per heavy atom. The van der Waals surface area contributed by atoms with Crippen LogP contribution in [0, 0.1) is 0 Å². The minimum absolute atomic E-state index is 0. The van der Waals surface area contributed by atoms with Crippen LogP contribution in [0.5, 0.6) is 5.75 Å². The molecule has 18 heavy (non-hydrogen) atoms. The molecule has 0 unspecified atom stereocenters. The molecule has 0 spiro atoms.